The van der Waals surface area contributed by atoms with Crippen molar-refractivity contribution in [2.75, 3.05) is 23.8 Å². The first-order chi connectivity index (χ1) is 8.76. The Bertz CT molecular complexity index is 316. The molecule has 3 fully saturated rings. The molecule has 1 spiro atoms. The number of nitrogens with one attached hydrogen (secondary N) is 1. The third-order valence-electron chi connectivity index (χ3n) is 4.61. The smallest absolute Gasteiger partial charge is 0.157 e. The minimum atomic E-state index is 0.403. The number of rotatable bonds is 2. The van der Waals surface area contributed by atoms with Gasteiger partial charge in [-0.25, -0.2) is 0 Å². The average molecular weight is 284 g/mol. The van der Waals surface area contributed by atoms with Crippen LogP contribution in [0, 0.1) is 11.8 Å². The van der Waals surface area contributed by atoms with Gasteiger partial charge in [-0.1, -0.05) is 18.7 Å². The highest BCUT2D eigenvalue weighted by molar-refractivity contribution is 8.14. The Hall–Kier alpha value is 0.170. The monoisotopic (exact) mass is 284 g/mol. The second-order valence-corrected chi connectivity index (χ2v) is 8.37. The van der Waals surface area contributed by atoms with Crippen molar-refractivity contribution >= 4 is 28.7 Å². The largest absolute Gasteiger partial charge is 0.359 e. The van der Waals surface area contributed by atoms with E-state index in [2.05, 4.69) is 24.0 Å². The topological polar surface area (TPSA) is 24.4 Å². The van der Waals surface area contributed by atoms with Crippen molar-refractivity contribution in [1.82, 2.24) is 5.32 Å². The molecule has 2 heterocycles. The summed E-state index contributed by atoms with van der Waals surface area (Å²) in [6.07, 6.45) is 6.84. The van der Waals surface area contributed by atoms with Gasteiger partial charge >= 0.3 is 0 Å². The number of hydrogen-bond acceptors (Lipinski definition) is 3. The maximum absolute atomic E-state index is 4.83. The Morgan fingerprint density at radius 1 is 1.33 bits per heavy atom. The maximum Gasteiger partial charge on any atom is 0.157 e. The minimum absolute atomic E-state index is 0.403. The summed E-state index contributed by atoms with van der Waals surface area (Å²) in [4.78, 5) is 4.83. The standard InChI is InChI=1S/C14H24N2S2/c1-11-2-5-14(6-3-11)10-18-13(16-14)15-8-12-4-7-17-9-12/h11-12H,2-10H2,1H3,(H,15,16). The SMILES string of the molecule is CC1CCC2(CC1)CSC(=NCC1CCSC1)N2. The summed E-state index contributed by atoms with van der Waals surface area (Å²) < 4.78 is 0. The van der Waals surface area contributed by atoms with Gasteiger partial charge in [-0.15, -0.1) is 0 Å². The van der Waals surface area contributed by atoms with E-state index < -0.39 is 0 Å². The first-order valence-corrected chi connectivity index (χ1v) is 9.43. The van der Waals surface area contributed by atoms with E-state index >= 15 is 0 Å². The molecule has 2 saturated heterocycles. The van der Waals surface area contributed by atoms with Gasteiger partial charge in [0.25, 0.3) is 0 Å². The molecule has 0 aromatic carbocycles. The molecule has 0 aromatic rings. The molecule has 0 bridgehead atoms. The first-order valence-electron chi connectivity index (χ1n) is 7.29. The Labute approximate surface area is 119 Å². The summed E-state index contributed by atoms with van der Waals surface area (Å²) in [7, 11) is 0. The summed E-state index contributed by atoms with van der Waals surface area (Å²) >= 11 is 4.05. The van der Waals surface area contributed by atoms with E-state index in [1.54, 1.807) is 0 Å². The van der Waals surface area contributed by atoms with Gasteiger partial charge in [0.05, 0.1) is 0 Å². The molecule has 0 aromatic heterocycles. The fourth-order valence-electron chi connectivity index (χ4n) is 3.11. The van der Waals surface area contributed by atoms with E-state index in [0.717, 1.165) is 18.4 Å². The predicted molar refractivity (Wildman–Crippen MR) is 83.7 cm³/mol. The van der Waals surface area contributed by atoms with Gasteiger partial charge in [-0.3, -0.25) is 4.99 Å². The molecule has 2 aliphatic heterocycles. The van der Waals surface area contributed by atoms with Gasteiger partial charge in [0.15, 0.2) is 5.17 Å². The Morgan fingerprint density at radius 2 is 2.17 bits per heavy atom. The highest BCUT2D eigenvalue weighted by Crippen LogP contribution is 2.38. The van der Waals surface area contributed by atoms with Crippen LogP contribution in [0.5, 0.6) is 0 Å². The lowest BCUT2D eigenvalue weighted by Gasteiger charge is -2.35. The predicted octanol–water partition coefficient (Wildman–Crippen LogP) is 3.38. The van der Waals surface area contributed by atoms with Crippen molar-refractivity contribution in [1.29, 1.82) is 0 Å². The molecule has 1 N–H and O–H groups in total. The second kappa shape index (κ2) is 5.66. The molecule has 1 atom stereocenters. The maximum atomic E-state index is 4.83. The van der Waals surface area contributed by atoms with E-state index in [1.165, 1.54) is 54.5 Å². The Balaban J connectivity index is 1.52. The summed E-state index contributed by atoms with van der Waals surface area (Å²) in [5.74, 6) is 5.69. The van der Waals surface area contributed by atoms with Crippen LogP contribution in [-0.2, 0) is 0 Å². The number of aliphatic imine (C=N–C) groups is 1. The van der Waals surface area contributed by atoms with Gasteiger partial charge in [0, 0.05) is 17.8 Å². The Kier molecular flexibility index (Phi) is 4.14. The van der Waals surface area contributed by atoms with Crippen LogP contribution in [0.2, 0.25) is 0 Å². The fourth-order valence-corrected chi connectivity index (χ4v) is 5.61. The molecule has 1 aliphatic carbocycles. The third-order valence-corrected chi connectivity index (χ3v) is 7.04. The summed E-state index contributed by atoms with van der Waals surface area (Å²) in [6, 6.07) is 0. The van der Waals surface area contributed by atoms with Crippen molar-refractivity contribution in [3.63, 3.8) is 0 Å². The van der Waals surface area contributed by atoms with E-state index in [-0.39, 0.29) is 0 Å². The average Bonchev–Trinajstić information content (AvgIpc) is 3.02. The van der Waals surface area contributed by atoms with Crippen LogP contribution >= 0.6 is 23.5 Å². The molecule has 1 unspecified atom stereocenters. The molecule has 4 heteroatoms. The normalized spacial score (nSPS) is 42.6. The van der Waals surface area contributed by atoms with E-state index in [0.29, 0.717) is 5.54 Å². The minimum Gasteiger partial charge on any atom is -0.359 e. The van der Waals surface area contributed by atoms with Crippen molar-refractivity contribution in [3.8, 4) is 0 Å². The van der Waals surface area contributed by atoms with Crippen molar-refractivity contribution in [3.05, 3.63) is 0 Å². The summed E-state index contributed by atoms with van der Waals surface area (Å²) in [6.45, 7) is 3.44. The molecule has 102 valence electrons. The fraction of sp³-hybridized carbons (Fsp3) is 0.929. The first kappa shape index (κ1) is 13.2. The van der Waals surface area contributed by atoms with Crippen LogP contribution in [0.4, 0.5) is 0 Å². The summed E-state index contributed by atoms with van der Waals surface area (Å²) in [5.41, 5.74) is 0.403. The van der Waals surface area contributed by atoms with Crippen LogP contribution in [0.3, 0.4) is 0 Å². The number of hydrogen-bond donors (Lipinski definition) is 1. The van der Waals surface area contributed by atoms with Crippen molar-refractivity contribution in [2.45, 2.75) is 44.6 Å². The van der Waals surface area contributed by atoms with E-state index in [1.807, 2.05) is 11.8 Å². The quantitative estimate of drug-likeness (QED) is 0.841. The van der Waals surface area contributed by atoms with Crippen LogP contribution in [0.15, 0.2) is 4.99 Å². The highest BCUT2D eigenvalue weighted by atomic mass is 32.2. The lowest BCUT2D eigenvalue weighted by Crippen LogP contribution is -2.46. The van der Waals surface area contributed by atoms with Crippen LogP contribution in [-0.4, -0.2) is 34.5 Å². The molecule has 0 radical (unpaired) electrons. The van der Waals surface area contributed by atoms with Gasteiger partial charge in [-0.2, -0.15) is 11.8 Å². The molecule has 0 amide bonds. The van der Waals surface area contributed by atoms with Gasteiger partial charge in [0.1, 0.15) is 0 Å². The second-order valence-electron chi connectivity index (χ2n) is 6.25. The zero-order chi connectivity index (χ0) is 12.4. The highest BCUT2D eigenvalue weighted by Gasteiger charge is 2.39. The Morgan fingerprint density at radius 3 is 2.89 bits per heavy atom. The molecular formula is C14H24N2S2. The van der Waals surface area contributed by atoms with Crippen molar-refractivity contribution < 1.29 is 0 Å². The zero-order valence-corrected chi connectivity index (χ0v) is 12.9. The van der Waals surface area contributed by atoms with Gasteiger partial charge in [-0.05, 0) is 55.4 Å². The summed E-state index contributed by atoms with van der Waals surface area (Å²) in [5, 5.41) is 4.99. The lowest BCUT2D eigenvalue weighted by molar-refractivity contribution is 0.250. The number of thioether (sulfide) groups is 2. The molecule has 1 saturated carbocycles. The third kappa shape index (κ3) is 3.01. The number of amidine groups is 1. The van der Waals surface area contributed by atoms with Crippen LogP contribution in [0.25, 0.3) is 0 Å². The molecule has 3 rings (SSSR count). The van der Waals surface area contributed by atoms with Crippen LogP contribution in [0.1, 0.15) is 39.0 Å². The van der Waals surface area contributed by atoms with Gasteiger partial charge in [0.2, 0.25) is 0 Å². The zero-order valence-electron chi connectivity index (χ0n) is 11.3. The van der Waals surface area contributed by atoms with Gasteiger partial charge < -0.3 is 5.32 Å². The van der Waals surface area contributed by atoms with E-state index in [9.17, 15) is 0 Å². The molecular weight excluding hydrogens is 260 g/mol. The molecule has 2 nitrogen and oxygen atoms in total. The number of nitrogens with zero attached hydrogens (tertiary/aromatic N) is 1. The molecule has 3 aliphatic rings. The van der Waals surface area contributed by atoms with Crippen LogP contribution < -0.4 is 5.32 Å². The van der Waals surface area contributed by atoms with Crippen molar-refractivity contribution in [2.24, 2.45) is 16.8 Å². The lowest BCUT2D eigenvalue weighted by atomic mass is 9.78. The van der Waals surface area contributed by atoms with E-state index in [4.69, 9.17) is 4.99 Å². The molecule has 18 heavy (non-hydrogen) atoms.